The summed E-state index contributed by atoms with van der Waals surface area (Å²) in [5.41, 5.74) is 1.29. The van der Waals surface area contributed by atoms with Crippen LogP contribution in [0.25, 0.3) is 0 Å². The lowest BCUT2D eigenvalue weighted by atomic mass is 9.81. The van der Waals surface area contributed by atoms with Gasteiger partial charge in [-0.1, -0.05) is 132 Å². The molecule has 0 aromatic carbocycles. The summed E-state index contributed by atoms with van der Waals surface area (Å²) in [5.74, 6) is 0.280. The first-order chi connectivity index (χ1) is 22.3. The summed E-state index contributed by atoms with van der Waals surface area (Å²) in [6.07, 6.45) is 13.6. The van der Waals surface area contributed by atoms with E-state index in [2.05, 4.69) is 127 Å². The van der Waals surface area contributed by atoms with Crippen LogP contribution >= 0.6 is 0 Å². The summed E-state index contributed by atoms with van der Waals surface area (Å²) in [4.78, 5) is 12.8. The van der Waals surface area contributed by atoms with Gasteiger partial charge < -0.3 is 24.0 Å². The molecule has 1 amide bonds. The molecule has 1 rings (SSSR count). The van der Waals surface area contributed by atoms with E-state index in [0.717, 1.165) is 19.3 Å². The van der Waals surface area contributed by atoms with Crippen molar-refractivity contribution in [3.63, 3.8) is 0 Å². The average molecular weight is 722 g/mol. The number of rotatable bonds is 18. The minimum absolute atomic E-state index is 0.0101. The summed E-state index contributed by atoms with van der Waals surface area (Å²) in [5, 5.41) is 14.7. The predicted octanol–water partition coefficient (Wildman–Crippen LogP) is 11.4. The standard InChI is InChI=1S/C41H79NO5Si2/c1-18-19-23-30(3)36(43)34(7)38(47-49(16,17)41(11,12)13)32(5)27-29(2)26-31(4)37(46-48(14,15)40(8,9)10)33(6)28-45-39(44)42-35-24-21-20-22-25-35/h18-19,23,26,30-38,43H,1,20-22,24-25,27-28H2,2-17H3,(H,42,44)/t30-,31-,32?,33-,34?,36?,37+,38?/m0/s1. The van der Waals surface area contributed by atoms with Crippen LogP contribution in [-0.2, 0) is 13.6 Å². The molecule has 1 aliphatic rings. The van der Waals surface area contributed by atoms with Gasteiger partial charge in [-0.25, -0.2) is 4.79 Å². The van der Waals surface area contributed by atoms with Gasteiger partial charge >= 0.3 is 6.09 Å². The van der Waals surface area contributed by atoms with Crippen molar-refractivity contribution in [3.8, 4) is 0 Å². The van der Waals surface area contributed by atoms with Gasteiger partial charge in [-0.05, 0) is 74.3 Å². The van der Waals surface area contributed by atoms with Crippen LogP contribution in [0.1, 0.15) is 122 Å². The summed E-state index contributed by atoms with van der Waals surface area (Å²) in [7, 11) is -4.24. The minimum Gasteiger partial charge on any atom is -0.449 e. The molecule has 1 aliphatic carbocycles. The smallest absolute Gasteiger partial charge is 0.407 e. The summed E-state index contributed by atoms with van der Waals surface area (Å²) >= 11 is 0. The second-order valence-electron chi connectivity index (χ2n) is 18.6. The maximum absolute atomic E-state index is 12.8. The van der Waals surface area contributed by atoms with E-state index in [1.54, 1.807) is 6.08 Å². The Bertz CT molecular complexity index is 1070. The molecule has 2 N–H and O–H groups in total. The number of hydrogen-bond acceptors (Lipinski definition) is 5. The van der Waals surface area contributed by atoms with Crippen LogP contribution in [0.4, 0.5) is 4.79 Å². The maximum Gasteiger partial charge on any atom is 0.407 e. The van der Waals surface area contributed by atoms with Crippen molar-refractivity contribution in [2.24, 2.45) is 29.6 Å². The molecule has 1 saturated carbocycles. The molecule has 0 saturated heterocycles. The molecule has 8 heteroatoms. The van der Waals surface area contributed by atoms with E-state index >= 15 is 0 Å². The number of allylic oxidation sites excluding steroid dienone is 3. The first kappa shape index (κ1) is 45.8. The third kappa shape index (κ3) is 14.8. The van der Waals surface area contributed by atoms with Gasteiger partial charge in [-0.2, -0.15) is 0 Å². The number of amides is 1. The highest BCUT2D eigenvalue weighted by atomic mass is 28.4. The molecule has 49 heavy (non-hydrogen) atoms. The molecule has 0 spiro atoms. The molecule has 4 unspecified atom stereocenters. The first-order valence-corrected chi connectivity index (χ1v) is 25.1. The molecule has 6 nitrogen and oxygen atoms in total. The molecule has 0 aliphatic heterocycles. The SMILES string of the molecule is C=CC=C[C@H](C)C(O)C(C)C(O[Si](C)(C)C(C)(C)C)C(C)CC(C)=C[C@H](C)[C@@H](O[Si](C)(C)C(C)(C)C)[C@@H](C)COC(=O)NC1CCCCC1. The third-order valence-electron chi connectivity index (χ3n) is 11.9. The van der Waals surface area contributed by atoms with Crippen LogP contribution in [0.5, 0.6) is 0 Å². The van der Waals surface area contributed by atoms with Gasteiger partial charge in [-0.15, -0.1) is 0 Å². The van der Waals surface area contributed by atoms with Gasteiger partial charge in [0.15, 0.2) is 16.6 Å². The Morgan fingerprint density at radius 1 is 0.857 bits per heavy atom. The highest BCUT2D eigenvalue weighted by Gasteiger charge is 2.44. The van der Waals surface area contributed by atoms with E-state index in [4.69, 9.17) is 13.6 Å². The van der Waals surface area contributed by atoms with Crippen molar-refractivity contribution in [3.05, 3.63) is 36.5 Å². The Hall–Kier alpha value is -1.20. The number of aliphatic hydroxyl groups is 1. The van der Waals surface area contributed by atoms with Crippen LogP contribution < -0.4 is 5.32 Å². The number of aliphatic hydroxyl groups excluding tert-OH is 1. The van der Waals surface area contributed by atoms with E-state index in [1.807, 2.05) is 12.2 Å². The van der Waals surface area contributed by atoms with E-state index in [0.29, 0.717) is 6.61 Å². The topological polar surface area (TPSA) is 77.0 Å². The fraction of sp³-hybridized carbons (Fsp3) is 0.829. The van der Waals surface area contributed by atoms with E-state index in [1.165, 1.54) is 24.8 Å². The molecule has 0 aromatic rings. The fourth-order valence-corrected chi connectivity index (χ4v) is 9.51. The number of carbonyl (C=O) groups is 1. The van der Waals surface area contributed by atoms with Crippen molar-refractivity contribution < 1.29 is 23.5 Å². The van der Waals surface area contributed by atoms with Gasteiger partial charge in [0.1, 0.15) is 0 Å². The molecule has 286 valence electrons. The van der Waals surface area contributed by atoms with E-state index in [9.17, 15) is 9.90 Å². The molecule has 0 aromatic heterocycles. The van der Waals surface area contributed by atoms with E-state index < -0.39 is 22.7 Å². The quantitative estimate of drug-likeness (QED) is 0.0837. The summed E-state index contributed by atoms with van der Waals surface area (Å²) < 4.78 is 20.1. The Balaban J connectivity index is 3.28. The normalized spacial score (nSPS) is 21.0. The van der Waals surface area contributed by atoms with Gasteiger partial charge in [0.2, 0.25) is 0 Å². The fourth-order valence-electron chi connectivity index (χ4n) is 6.55. The molecule has 0 radical (unpaired) electrons. The number of carbonyl (C=O) groups excluding carboxylic acids is 1. The van der Waals surface area contributed by atoms with Crippen LogP contribution in [0.15, 0.2) is 36.5 Å². The second-order valence-corrected chi connectivity index (χ2v) is 28.1. The highest BCUT2D eigenvalue weighted by Crippen LogP contribution is 2.42. The third-order valence-corrected chi connectivity index (χ3v) is 20.8. The van der Waals surface area contributed by atoms with Gasteiger partial charge in [0.05, 0.1) is 24.9 Å². The number of hydrogen-bond donors (Lipinski definition) is 2. The number of nitrogens with one attached hydrogen (secondary N) is 1. The summed E-state index contributed by atoms with van der Waals surface area (Å²) in [6, 6.07) is 0.224. The second kappa shape index (κ2) is 19.6. The molecule has 8 atom stereocenters. The Labute approximate surface area is 305 Å². The van der Waals surface area contributed by atoms with Crippen LogP contribution in [0, 0.1) is 29.6 Å². The number of alkyl carbamates (subject to hydrolysis) is 1. The maximum atomic E-state index is 12.8. The molecule has 1 fully saturated rings. The largest absolute Gasteiger partial charge is 0.449 e. The Kier molecular flexibility index (Phi) is 18.3. The van der Waals surface area contributed by atoms with Gasteiger partial charge in [0.25, 0.3) is 0 Å². The van der Waals surface area contributed by atoms with Crippen molar-refractivity contribution >= 4 is 22.7 Å². The minimum atomic E-state index is -2.12. The van der Waals surface area contributed by atoms with Crippen molar-refractivity contribution in [1.29, 1.82) is 0 Å². The van der Waals surface area contributed by atoms with Crippen LogP contribution in [-0.4, -0.2) is 58.8 Å². The Morgan fingerprint density at radius 3 is 1.86 bits per heavy atom. The lowest BCUT2D eigenvalue weighted by Gasteiger charge is -2.44. The monoisotopic (exact) mass is 722 g/mol. The van der Waals surface area contributed by atoms with Crippen molar-refractivity contribution in [2.45, 2.75) is 182 Å². The van der Waals surface area contributed by atoms with Gasteiger partial charge in [0, 0.05) is 23.8 Å². The van der Waals surface area contributed by atoms with Crippen LogP contribution in [0.2, 0.25) is 36.3 Å². The lowest BCUT2D eigenvalue weighted by molar-refractivity contribution is -0.0134. The first-order valence-electron chi connectivity index (χ1n) is 19.3. The van der Waals surface area contributed by atoms with Gasteiger partial charge in [-0.3, -0.25) is 0 Å². The molecular formula is C41H79NO5Si2. The Morgan fingerprint density at radius 2 is 1.37 bits per heavy atom. The zero-order chi connectivity index (χ0) is 38.0. The van der Waals surface area contributed by atoms with Crippen molar-refractivity contribution in [2.75, 3.05) is 6.61 Å². The van der Waals surface area contributed by atoms with Crippen molar-refractivity contribution in [1.82, 2.24) is 5.32 Å². The molecule has 0 heterocycles. The van der Waals surface area contributed by atoms with E-state index in [-0.39, 0.29) is 64.0 Å². The zero-order valence-electron chi connectivity index (χ0n) is 34.7. The lowest BCUT2D eigenvalue weighted by Crippen LogP contribution is -2.49. The molecular weight excluding hydrogens is 643 g/mol. The highest BCUT2D eigenvalue weighted by molar-refractivity contribution is 6.74. The zero-order valence-corrected chi connectivity index (χ0v) is 36.7. The predicted molar refractivity (Wildman–Crippen MR) is 215 cm³/mol. The molecule has 0 bridgehead atoms. The average Bonchev–Trinajstić information content (AvgIpc) is 2.98. The van der Waals surface area contributed by atoms with Crippen LogP contribution in [0.3, 0.4) is 0 Å². The summed E-state index contributed by atoms with van der Waals surface area (Å²) in [6.45, 7) is 40.1. The number of ether oxygens (including phenoxy) is 1.